The van der Waals surface area contributed by atoms with Crippen molar-refractivity contribution in [1.29, 1.82) is 0 Å². The van der Waals surface area contributed by atoms with Crippen LogP contribution in [0.2, 0.25) is 0 Å². The number of rotatable bonds is 4. The summed E-state index contributed by atoms with van der Waals surface area (Å²) < 4.78 is 27.6. The second kappa shape index (κ2) is 5.90. The Hall–Kier alpha value is -2.44. The van der Waals surface area contributed by atoms with Crippen LogP contribution in [0, 0.1) is 11.6 Å². The molecular weight excluding hydrogens is 280 g/mol. The predicted molar refractivity (Wildman–Crippen MR) is 75.4 cm³/mol. The highest BCUT2D eigenvalue weighted by atomic mass is 19.1. The van der Waals surface area contributed by atoms with Crippen LogP contribution in [0.3, 0.4) is 0 Å². The van der Waals surface area contributed by atoms with Crippen molar-refractivity contribution in [2.24, 2.45) is 0 Å². The van der Waals surface area contributed by atoms with Gasteiger partial charge in [0.1, 0.15) is 17.5 Å². The lowest BCUT2D eigenvalue weighted by Crippen LogP contribution is -2.36. The molecule has 5 nitrogen and oxygen atoms in total. The molecule has 0 aliphatic rings. The highest BCUT2D eigenvalue weighted by molar-refractivity contribution is 5.34. The Kier molecular flexibility index (Phi) is 4.21. The van der Waals surface area contributed by atoms with E-state index in [1.807, 2.05) is 0 Å². The summed E-state index contributed by atoms with van der Waals surface area (Å²) in [6.45, 7) is 3.38. The van der Waals surface area contributed by atoms with Crippen LogP contribution in [0.5, 0.6) is 0 Å². The van der Waals surface area contributed by atoms with E-state index in [9.17, 15) is 18.4 Å². The average molecular weight is 295 g/mol. The Morgan fingerprint density at radius 1 is 1.24 bits per heavy atom. The Morgan fingerprint density at radius 2 is 1.95 bits per heavy atom. The lowest BCUT2D eigenvalue weighted by Gasteiger charge is -2.11. The van der Waals surface area contributed by atoms with Gasteiger partial charge in [0.2, 0.25) is 0 Å². The Labute approximate surface area is 119 Å². The van der Waals surface area contributed by atoms with Crippen LogP contribution in [-0.4, -0.2) is 9.55 Å². The van der Waals surface area contributed by atoms with Crippen LogP contribution in [-0.2, 0) is 6.54 Å². The summed E-state index contributed by atoms with van der Waals surface area (Å²) in [5, 5.41) is 2.70. The highest BCUT2D eigenvalue weighted by Gasteiger charge is 2.08. The Bertz CT molecular complexity index is 734. The SMILES string of the molecule is CC(C)n1c(=O)cc(NCc2cc(F)ccc2F)[nH]c1=O. The fraction of sp³-hybridized carbons (Fsp3) is 0.286. The topological polar surface area (TPSA) is 66.9 Å². The smallest absolute Gasteiger partial charge is 0.330 e. The molecule has 112 valence electrons. The van der Waals surface area contributed by atoms with Crippen LogP contribution in [0.25, 0.3) is 0 Å². The molecule has 2 rings (SSSR count). The van der Waals surface area contributed by atoms with Gasteiger partial charge in [0.25, 0.3) is 5.56 Å². The van der Waals surface area contributed by atoms with Crippen molar-refractivity contribution in [3.05, 3.63) is 62.3 Å². The van der Waals surface area contributed by atoms with E-state index in [4.69, 9.17) is 0 Å². The van der Waals surface area contributed by atoms with Gasteiger partial charge >= 0.3 is 5.69 Å². The molecule has 1 aromatic carbocycles. The van der Waals surface area contributed by atoms with Gasteiger partial charge < -0.3 is 5.32 Å². The zero-order chi connectivity index (χ0) is 15.6. The molecule has 0 saturated heterocycles. The van der Waals surface area contributed by atoms with Gasteiger partial charge in [-0.25, -0.2) is 13.6 Å². The Morgan fingerprint density at radius 3 is 2.57 bits per heavy atom. The maximum Gasteiger partial charge on any atom is 0.330 e. The zero-order valence-corrected chi connectivity index (χ0v) is 11.6. The first-order chi connectivity index (χ1) is 9.88. The van der Waals surface area contributed by atoms with Crippen LogP contribution < -0.4 is 16.6 Å². The standard InChI is InChI=1S/C14H15F2N3O2/c1-8(2)19-13(20)6-12(18-14(19)21)17-7-9-5-10(15)3-4-11(9)16/h3-6,8,17H,7H2,1-2H3,(H,18,21). The number of benzene rings is 1. The number of hydrogen-bond acceptors (Lipinski definition) is 3. The molecule has 7 heteroatoms. The van der Waals surface area contributed by atoms with Crippen LogP contribution >= 0.6 is 0 Å². The van der Waals surface area contributed by atoms with Crippen molar-refractivity contribution in [2.75, 3.05) is 5.32 Å². The normalized spacial score (nSPS) is 10.9. The van der Waals surface area contributed by atoms with Crippen LogP contribution in [0.15, 0.2) is 33.9 Å². The first-order valence-electron chi connectivity index (χ1n) is 6.42. The minimum Gasteiger partial charge on any atom is -0.367 e. The molecule has 21 heavy (non-hydrogen) atoms. The number of aromatic amines is 1. The van der Waals surface area contributed by atoms with Gasteiger partial charge in [0.15, 0.2) is 0 Å². The van der Waals surface area contributed by atoms with Gasteiger partial charge in [-0.05, 0) is 32.0 Å². The third-order valence-corrected chi connectivity index (χ3v) is 2.96. The van der Waals surface area contributed by atoms with Crippen molar-refractivity contribution in [1.82, 2.24) is 9.55 Å². The average Bonchev–Trinajstić information content (AvgIpc) is 2.38. The molecule has 0 aliphatic carbocycles. The molecule has 2 aromatic rings. The summed E-state index contributed by atoms with van der Waals surface area (Å²) in [7, 11) is 0. The maximum absolute atomic E-state index is 13.5. The van der Waals surface area contributed by atoms with Gasteiger partial charge in [0, 0.05) is 24.2 Å². The molecule has 0 fully saturated rings. The van der Waals surface area contributed by atoms with Crippen molar-refractivity contribution in [3.63, 3.8) is 0 Å². The number of halogens is 2. The molecule has 0 atom stereocenters. The van der Waals surface area contributed by atoms with E-state index >= 15 is 0 Å². The molecule has 1 heterocycles. The minimum absolute atomic E-state index is 0.0509. The van der Waals surface area contributed by atoms with Crippen molar-refractivity contribution >= 4 is 5.82 Å². The highest BCUT2D eigenvalue weighted by Crippen LogP contribution is 2.11. The molecule has 1 aromatic heterocycles. The molecule has 0 radical (unpaired) electrons. The van der Waals surface area contributed by atoms with Gasteiger partial charge in [-0.15, -0.1) is 0 Å². The van der Waals surface area contributed by atoms with E-state index < -0.39 is 22.9 Å². The molecule has 0 bridgehead atoms. The van der Waals surface area contributed by atoms with Crippen molar-refractivity contribution < 1.29 is 8.78 Å². The summed E-state index contributed by atoms with van der Waals surface area (Å²) >= 11 is 0. The summed E-state index contributed by atoms with van der Waals surface area (Å²) in [5.41, 5.74) is -0.917. The number of aromatic nitrogens is 2. The molecular formula is C14H15F2N3O2. The quantitative estimate of drug-likeness (QED) is 0.906. The van der Waals surface area contributed by atoms with Gasteiger partial charge in [-0.3, -0.25) is 14.3 Å². The van der Waals surface area contributed by atoms with Gasteiger partial charge in [-0.2, -0.15) is 0 Å². The van der Waals surface area contributed by atoms with E-state index in [0.717, 1.165) is 22.8 Å². The lowest BCUT2D eigenvalue weighted by atomic mass is 10.2. The van der Waals surface area contributed by atoms with E-state index in [1.165, 1.54) is 6.07 Å². The summed E-state index contributed by atoms with van der Waals surface area (Å²) in [5.74, 6) is -0.968. The molecule has 2 N–H and O–H groups in total. The third-order valence-electron chi connectivity index (χ3n) is 2.96. The summed E-state index contributed by atoms with van der Waals surface area (Å²) in [6, 6.07) is 4.03. The van der Waals surface area contributed by atoms with E-state index in [2.05, 4.69) is 10.3 Å². The molecule has 0 spiro atoms. The van der Waals surface area contributed by atoms with Crippen LogP contribution in [0.1, 0.15) is 25.5 Å². The van der Waals surface area contributed by atoms with Crippen molar-refractivity contribution in [3.8, 4) is 0 Å². The monoisotopic (exact) mass is 295 g/mol. The summed E-state index contributed by atoms with van der Waals surface area (Å²) in [4.78, 5) is 26.1. The number of nitrogens with zero attached hydrogens (tertiary/aromatic N) is 1. The van der Waals surface area contributed by atoms with Gasteiger partial charge in [-0.1, -0.05) is 0 Å². The van der Waals surface area contributed by atoms with E-state index in [-0.39, 0.29) is 24.0 Å². The fourth-order valence-electron chi connectivity index (χ4n) is 1.96. The minimum atomic E-state index is -0.568. The predicted octanol–water partition coefficient (Wildman–Crippen LogP) is 2.01. The largest absolute Gasteiger partial charge is 0.367 e. The second-order valence-electron chi connectivity index (χ2n) is 4.88. The molecule has 0 saturated carbocycles. The summed E-state index contributed by atoms with van der Waals surface area (Å²) in [6.07, 6.45) is 0. The number of anilines is 1. The van der Waals surface area contributed by atoms with Crippen LogP contribution in [0.4, 0.5) is 14.6 Å². The first-order valence-corrected chi connectivity index (χ1v) is 6.42. The fourth-order valence-corrected chi connectivity index (χ4v) is 1.96. The Balaban J connectivity index is 2.23. The number of H-pyrrole nitrogens is 1. The number of nitrogens with one attached hydrogen (secondary N) is 2. The van der Waals surface area contributed by atoms with E-state index in [1.54, 1.807) is 13.8 Å². The zero-order valence-electron chi connectivity index (χ0n) is 11.6. The molecule has 0 unspecified atom stereocenters. The van der Waals surface area contributed by atoms with E-state index in [0.29, 0.717) is 0 Å². The second-order valence-corrected chi connectivity index (χ2v) is 4.88. The number of hydrogen-bond donors (Lipinski definition) is 2. The molecule has 0 aliphatic heterocycles. The third kappa shape index (κ3) is 3.36. The maximum atomic E-state index is 13.5. The molecule has 0 amide bonds. The van der Waals surface area contributed by atoms with Gasteiger partial charge in [0.05, 0.1) is 0 Å². The van der Waals surface area contributed by atoms with Crippen molar-refractivity contribution in [2.45, 2.75) is 26.4 Å². The first kappa shape index (κ1) is 15.0. The lowest BCUT2D eigenvalue weighted by molar-refractivity contribution is 0.546.